The van der Waals surface area contributed by atoms with Crippen LogP contribution in [0.1, 0.15) is 126 Å². The van der Waals surface area contributed by atoms with Gasteiger partial charge in [0.05, 0.1) is 11.3 Å². The maximum Gasteiger partial charge on any atom is 0.136 e. The number of halogens is 1. The molecule has 1 aromatic carbocycles. The van der Waals surface area contributed by atoms with Gasteiger partial charge in [0.1, 0.15) is 23.9 Å². The summed E-state index contributed by atoms with van der Waals surface area (Å²) in [5, 5.41) is 9.94. The predicted octanol–water partition coefficient (Wildman–Crippen LogP) is 6.85. The number of hydrogen-bond donors (Lipinski definition) is 1. The fourth-order valence-electron chi connectivity index (χ4n) is 7.61. The van der Waals surface area contributed by atoms with E-state index in [1.54, 1.807) is 0 Å². The van der Waals surface area contributed by atoms with Crippen molar-refractivity contribution in [2.45, 2.75) is 128 Å². The van der Waals surface area contributed by atoms with Crippen molar-refractivity contribution in [1.82, 2.24) is 14.9 Å². The molecule has 4 atom stereocenters. The molecule has 1 aromatic heterocycles. The monoisotopic (exact) mass is 560 g/mol. The third kappa shape index (κ3) is 5.57. The quantitative estimate of drug-likeness (QED) is 0.403. The summed E-state index contributed by atoms with van der Waals surface area (Å²) < 4.78 is 12.8. The highest BCUT2D eigenvalue weighted by molar-refractivity contribution is 5.63. The van der Waals surface area contributed by atoms with Crippen molar-refractivity contribution in [1.29, 1.82) is 5.26 Å². The first-order chi connectivity index (χ1) is 19.5. The van der Waals surface area contributed by atoms with Crippen LogP contribution in [0.25, 0.3) is 0 Å². The van der Waals surface area contributed by atoms with Crippen LogP contribution >= 0.6 is 0 Å². The minimum atomic E-state index is -0.551. The summed E-state index contributed by atoms with van der Waals surface area (Å²) in [6.45, 7) is 16.2. The van der Waals surface area contributed by atoms with Crippen LogP contribution < -0.4 is 10.6 Å². The molecule has 3 aliphatic heterocycles. The Labute approximate surface area is 246 Å². The first kappa shape index (κ1) is 29.8. The molecule has 222 valence electrons. The van der Waals surface area contributed by atoms with Gasteiger partial charge < -0.3 is 10.6 Å². The number of nitrogens with two attached hydrogens (primary N) is 1. The van der Waals surface area contributed by atoms with Crippen molar-refractivity contribution in [3.8, 4) is 6.07 Å². The van der Waals surface area contributed by atoms with E-state index in [1.807, 2.05) is 6.07 Å². The lowest BCUT2D eigenvalue weighted by atomic mass is 9.76. The Morgan fingerprint density at radius 3 is 2.56 bits per heavy atom. The lowest BCUT2D eigenvalue weighted by molar-refractivity contribution is 0.217. The average Bonchev–Trinajstić information content (AvgIpc) is 3.44. The molecule has 0 radical (unpaired) electrons. The summed E-state index contributed by atoms with van der Waals surface area (Å²) in [5.74, 6) is 2.74. The summed E-state index contributed by atoms with van der Waals surface area (Å²) >= 11 is 0. The van der Waals surface area contributed by atoms with E-state index in [4.69, 9.17) is 15.7 Å². The van der Waals surface area contributed by atoms with Crippen molar-refractivity contribution in [2.75, 3.05) is 30.3 Å². The molecule has 4 heterocycles. The zero-order chi connectivity index (χ0) is 29.5. The summed E-state index contributed by atoms with van der Waals surface area (Å²) in [6, 6.07) is 6.46. The molecule has 3 fully saturated rings. The maximum atomic E-state index is 12.8. The predicted molar refractivity (Wildman–Crippen MR) is 165 cm³/mol. The Balaban J connectivity index is 0.000000282. The molecule has 0 spiro atoms. The standard InChI is InChI=1S/C26H35N5.C8H14FN/c1-6-16(3)18-10-11-21(28)20(15-27)24(18)17-8-9-19-22(14-17)29-23(7-2)30-25(19)31-13-12-26(31,4)5;1-8-3-2-4-10(8)6-7(9)5-8/h10-11,16-17H,6-9,12-14,28H2,1-5H3;7H,2-6H2,1H3/t16-,17?;/m0./s1. The molecule has 3 unspecified atom stereocenters. The second-order valence-electron chi connectivity index (χ2n) is 13.7. The smallest absolute Gasteiger partial charge is 0.136 e. The molecule has 0 saturated carbocycles. The molecule has 0 amide bonds. The van der Waals surface area contributed by atoms with E-state index >= 15 is 0 Å². The van der Waals surface area contributed by atoms with E-state index < -0.39 is 6.17 Å². The number of fused-ring (bicyclic) bond motifs is 2. The Morgan fingerprint density at radius 2 is 1.95 bits per heavy atom. The first-order valence-electron chi connectivity index (χ1n) is 15.9. The molecule has 3 saturated heterocycles. The van der Waals surface area contributed by atoms with Crippen LogP contribution in [0.2, 0.25) is 0 Å². The number of alkyl halides is 1. The van der Waals surface area contributed by atoms with Gasteiger partial charge in [-0.3, -0.25) is 4.90 Å². The van der Waals surface area contributed by atoms with Gasteiger partial charge in [-0.15, -0.1) is 0 Å². The largest absolute Gasteiger partial charge is 0.398 e. The summed E-state index contributed by atoms with van der Waals surface area (Å²) in [6.07, 6.45) is 8.57. The minimum absolute atomic E-state index is 0.162. The van der Waals surface area contributed by atoms with Crippen LogP contribution in [0.15, 0.2) is 12.1 Å². The molecular formula is C34H49FN6. The van der Waals surface area contributed by atoms with Gasteiger partial charge in [-0.05, 0) is 108 Å². The van der Waals surface area contributed by atoms with Crippen molar-refractivity contribution >= 4 is 11.5 Å². The van der Waals surface area contributed by atoms with E-state index in [0.717, 1.165) is 68.8 Å². The van der Waals surface area contributed by atoms with Crippen LogP contribution in [0, 0.1) is 11.3 Å². The fourth-order valence-corrected chi connectivity index (χ4v) is 7.61. The highest BCUT2D eigenvalue weighted by Gasteiger charge is 2.45. The lowest BCUT2D eigenvalue weighted by Crippen LogP contribution is -2.57. The van der Waals surface area contributed by atoms with Gasteiger partial charge in [0.15, 0.2) is 0 Å². The maximum absolute atomic E-state index is 12.8. The number of rotatable bonds is 5. The Bertz CT molecular complexity index is 1320. The van der Waals surface area contributed by atoms with Crippen molar-refractivity contribution in [3.63, 3.8) is 0 Å². The number of hydrogen-bond acceptors (Lipinski definition) is 6. The Kier molecular flexibility index (Phi) is 8.36. The van der Waals surface area contributed by atoms with Crippen LogP contribution in [-0.2, 0) is 19.3 Å². The van der Waals surface area contributed by atoms with Gasteiger partial charge in [0.2, 0.25) is 0 Å². The van der Waals surface area contributed by atoms with Crippen molar-refractivity contribution in [3.05, 3.63) is 45.9 Å². The van der Waals surface area contributed by atoms with Gasteiger partial charge in [0, 0.05) is 41.8 Å². The van der Waals surface area contributed by atoms with Crippen LogP contribution in [0.4, 0.5) is 15.9 Å². The third-order valence-electron chi connectivity index (χ3n) is 10.5. The van der Waals surface area contributed by atoms with Crippen molar-refractivity contribution < 1.29 is 4.39 Å². The number of anilines is 2. The zero-order valence-electron chi connectivity index (χ0n) is 26.1. The molecule has 41 heavy (non-hydrogen) atoms. The molecule has 2 N–H and O–H groups in total. The van der Waals surface area contributed by atoms with Gasteiger partial charge in [0.25, 0.3) is 0 Å². The number of aromatic nitrogens is 2. The number of aryl methyl sites for hydroxylation is 1. The molecule has 7 heteroatoms. The minimum Gasteiger partial charge on any atom is -0.398 e. The molecule has 0 bridgehead atoms. The molecule has 2 aromatic rings. The van der Waals surface area contributed by atoms with E-state index in [0.29, 0.717) is 23.7 Å². The summed E-state index contributed by atoms with van der Waals surface area (Å²) in [4.78, 5) is 14.7. The van der Waals surface area contributed by atoms with Gasteiger partial charge in [-0.2, -0.15) is 5.26 Å². The average molecular weight is 561 g/mol. The van der Waals surface area contributed by atoms with Crippen molar-refractivity contribution in [2.24, 2.45) is 0 Å². The lowest BCUT2D eigenvalue weighted by Gasteiger charge is -2.50. The first-order valence-corrected chi connectivity index (χ1v) is 15.9. The SMILES string of the molecule is CC12CCCN1CC(F)C2.CCc1nc2c(c(N3CCC3(C)C)n1)CCC(c1c([C@@H](C)CC)ccc(N)c1C#N)C2. The van der Waals surface area contributed by atoms with Crippen LogP contribution in [0.5, 0.6) is 0 Å². The Morgan fingerprint density at radius 1 is 1.17 bits per heavy atom. The van der Waals surface area contributed by atoms with Crippen LogP contribution in [-0.4, -0.2) is 51.8 Å². The summed E-state index contributed by atoms with van der Waals surface area (Å²) in [5.41, 5.74) is 12.8. The van der Waals surface area contributed by atoms with Gasteiger partial charge in [-0.1, -0.05) is 26.8 Å². The zero-order valence-corrected chi connectivity index (χ0v) is 26.1. The van der Waals surface area contributed by atoms with E-state index in [-0.39, 0.29) is 17.0 Å². The second-order valence-corrected chi connectivity index (χ2v) is 13.7. The molecule has 4 aliphatic rings. The second kappa shape index (κ2) is 11.5. The van der Waals surface area contributed by atoms with E-state index in [9.17, 15) is 9.65 Å². The van der Waals surface area contributed by atoms with E-state index in [2.05, 4.69) is 63.5 Å². The normalized spacial score (nSPS) is 27.2. The highest BCUT2D eigenvalue weighted by atomic mass is 19.1. The van der Waals surface area contributed by atoms with Crippen LogP contribution in [0.3, 0.4) is 0 Å². The van der Waals surface area contributed by atoms with Gasteiger partial charge in [-0.25, -0.2) is 14.4 Å². The summed E-state index contributed by atoms with van der Waals surface area (Å²) in [7, 11) is 0. The molecular weight excluding hydrogens is 511 g/mol. The Hall–Kier alpha value is -2.72. The molecule has 6 nitrogen and oxygen atoms in total. The topological polar surface area (TPSA) is 82.1 Å². The molecule has 1 aliphatic carbocycles. The number of benzene rings is 1. The number of nitriles is 1. The number of nitrogens with zero attached hydrogens (tertiary/aromatic N) is 5. The third-order valence-corrected chi connectivity index (χ3v) is 10.5. The highest BCUT2D eigenvalue weighted by Crippen LogP contribution is 2.44. The molecule has 6 rings (SSSR count). The fraction of sp³-hybridized carbons (Fsp3) is 0.676. The van der Waals surface area contributed by atoms with Gasteiger partial charge >= 0.3 is 0 Å². The number of nitrogen functional groups attached to an aromatic ring is 1. The van der Waals surface area contributed by atoms with E-state index in [1.165, 1.54) is 36.1 Å².